The highest BCUT2D eigenvalue weighted by molar-refractivity contribution is 6.41. The predicted molar refractivity (Wildman–Crippen MR) is 85.1 cm³/mol. The van der Waals surface area contributed by atoms with Gasteiger partial charge in [0.25, 0.3) is 5.91 Å². The Morgan fingerprint density at radius 2 is 2.00 bits per heavy atom. The van der Waals surface area contributed by atoms with Gasteiger partial charge < -0.3 is 11.1 Å². The molecule has 0 fully saturated rings. The number of fused-ring (bicyclic) bond motifs is 1. The minimum Gasteiger partial charge on any atom is -0.364 e. The lowest BCUT2D eigenvalue weighted by molar-refractivity contribution is -0.142. The zero-order valence-electron chi connectivity index (χ0n) is 14.1. The van der Waals surface area contributed by atoms with Gasteiger partial charge in [-0.1, -0.05) is 0 Å². The quantitative estimate of drug-likeness (QED) is 0.779. The van der Waals surface area contributed by atoms with Gasteiger partial charge in [0.05, 0.1) is 12.6 Å². The van der Waals surface area contributed by atoms with E-state index >= 15 is 0 Å². The van der Waals surface area contributed by atoms with E-state index < -0.39 is 29.7 Å². The minimum absolute atomic E-state index is 0.0133. The summed E-state index contributed by atoms with van der Waals surface area (Å²) in [6.45, 7) is -0.0975. The Balaban J connectivity index is 1.77. The van der Waals surface area contributed by atoms with Crippen LogP contribution in [-0.4, -0.2) is 51.9 Å². The Morgan fingerprint density at radius 3 is 2.65 bits per heavy atom. The number of nitrogens with one attached hydrogen (secondary N) is 1. The zero-order valence-corrected chi connectivity index (χ0v) is 14.1. The molecule has 0 aromatic carbocycles. The first-order valence-electron chi connectivity index (χ1n) is 8.21. The first-order valence-corrected chi connectivity index (χ1v) is 8.21. The molecule has 1 aliphatic heterocycles. The Labute approximate surface area is 147 Å². The van der Waals surface area contributed by atoms with Crippen molar-refractivity contribution >= 4 is 17.5 Å². The molecule has 142 valence electrons. The van der Waals surface area contributed by atoms with E-state index in [9.17, 15) is 22.8 Å². The highest BCUT2D eigenvalue weighted by atomic mass is 19.4. The van der Waals surface area contributed by atoms with E-state index in [4.69, 9.17) is 5.73 Å². The van der Waals surface area contributed by atoms with E-state index in [0.29, 0.717) is 25.0 Å². The van der Waals surface area contributed by atoms with Crippen LogP contribution in [0.5, 0.6) is 0 Å². The van der Waals surface area contributed by atoms with E-state index in [1.54, 1.807) is 7.05 Å². The molecule has 0 radical (unpaired) electrons. The number of primary amides is 1. The number of hydrogen-bond donors (Lipinski definition) is 2. The molecule has 26 heavy (non-hydrogen) atoms. The number of alkyl halides is 3. The van der Waals surface area contributed by atoms with Crippen LogP contribution in [0.4, 0.5) is 13.2 Å². The van der Waals surface area contributed by atoms with Gasteiger partial charge in [-0.3, -0.25) is 19.3 Å². The van der Waals surface area contributed by atoms with Crippen molar-refractivity contribution in [2.75, 3.05) is 13.6 Å². The van der Waals surface area contributed by atoms with Gasteiger partial charge in [0.15, 0.2) is 5.69 Å². The van der Waals surface area contributed by atoms with Crippen molar-refractivity contribution in [1.82, 2.24) is 20.1 Å². The van der Waals surface area contributed by atoms with Crippen molar-refractivity contribution in [2.45, 2.75) is 44.4 Å². The maximum absolute atomic E-state index is 13.2. The molecule has 0 saturated carbocycles. The van der Waals surface area contributed by atoms with Crippen LogP contribution in [0.15, 0.2) is 5.10 Å². The summed E-state index contributed by atoms with van der Waals surface area (Å²) in [5, 5.41) is 11.6. The summed E-state index contributed by atoms with van der Waals surface area (Å²) >= 11 is 0. The lowest BCUT2D eigenvalue weighted by atomic mass is 9.95. The number of carbonyl (C=O) groups excluding carboxylic acids is 2. The third kappa shape index (κ3) is 3.51. The van der Waals surface area contributed by atoms with Crippen LogP contribution in [0.2, 0.25) is 0 Å². The van der Waals surface area contributed by atoms with Crippen molar-refractivity contribution < 1.29 is 22.8 Å². The molecule has 1 aliphatic carbocycles. The Kier molecular flexibility index (Phi) is 4.63. The number of hydrogen-bond acceptors (Lipinski definition) is 5. The Morgan fingerprint density at radius 1 is 1.31 bits per heavy atom. The van der Waals surface area contributed by atoms with Crippen molar-refractivity contribution in [2.24, 2.45) is 10.8 Å². The lowest BCUT2D eigenvalue weighted by Gasteiger charge is -2.16. The number of hydrazone groups is 1. The van der Waals surface area contributed by atoms with Crippen molar-refractivity contribution in [3.8, 4) is 0 Å². The summed E-state index contributed by atoms with van der Waals surface area (Å²) in [5.41, 5.74) is 4.95. The molecule has 3 rings (SSSR count). The van der Waals surface area contributed by atoms with Gasteiger partial charge in [-0.15, -0.1) is 0 Å². The average molecular weight is 372 g/mol. The maximum atomic E-state index is 13.2. The third-order valence-electron chi connectivity index (χ3n) is 4.46. The second-order valence-corrected chi connectivity index (χ2v) is 6.45. The standard InChI is InChI=1S/C15H19F3N6O2/c1-23-6-9(12(21-23)14(19)26)20-11(25)7-24-10-5-3-2-4-8(10)13(22-24)15(16,17)18/h9H,2-7H2,1H3,(H2,19,26)(H,20,25). The van der Waals surface area contributed by atoms with Crippen molar-refractivity contribution in [1.29, 1.82) is 0 Å². The Hall–Kier alpha value is -2.59. The van der Waals surface area contributed by atoms with Crippen LogP contribution in [0, 0.1) is 0 Å². The lowest BCUT2D eigenvalue weighted by Crippen LogP contribution is -2.47. The van der Waals surface area contributed by atoms with Gasteiger partial charge >= 0.3 is 6.18 Å². The van der Waals surface area contributed by atoms with E-state index in [1.165, 1.54) is 5.01 Å². The average Bonchev–Trinajstić information content (AvgIpc) is 3.08. The molecule has 1 unspecified atom stereocenters. The SMILES string of the molecule is CN1CC(NC(=O)Cn2nc(C(F)(F)F)c3c2CCCC3)C(C(N)=O)=N1. The van der Waals surface area contributed by atoms with Gasteiger partial charge in [0, 0.05) is 18.3 Å². The molecule has 1 aromatic rings. The van der Waals surface area contributed by atoms with Gasteiger partial charge in [-0.05, 0) is 25.7 Å². The topological polar surface area (TPSA) is 106 Å². The molecule has 8 nitrogen and oxygen atoms in total. The van der Waals surface area contributed by atoms with E-state index in [-0.39, 0.29) is 24.4 Å². The highest BCUT2D eigenvalue weighted by Gasteiger charge is 2.40. The molecular weight excluding hydrogens is 353 g/mol. The van der Waals surface area contributed by atoms with Crippen LogP contribution < -0.4 is 11.1 Å². The monoisotopic (exact) mass is 372 g/mol. The predicted octanol–water partition coefficient (Wildman–Crippen LogP) is 0.0522. The van der Waals surface area contributed by atoms with Crippen LogP contribution in [-0.2, 0) is 35.2 Å². The summed E-state index contributed by atoms with van der Waals surface area (Å²) in [5.74, 6) is -1.31. The summed E-state index contributed by atoms with van der Waals surface area (Å²) in [7, 11) is 1.62. The van der Waals surface area contributed by atoms with Gasteiger partial charge in [0.1, 0.15) is 12.3 Å². The maximum Gasteiger partial charge on any atom is 0.435 e. The summed E-state index contributed by atoms with van der Waals surface area (Å²) < 4.78 is 40.7. The second-order valence-electron chi connectivity index (χ2n) is 6.45. The van der Waals surface area contributed by atoms with Crippen molar-refractivity contribution in [3.63, 3.8) is 0 Å². The zero-order chi connectivity index (χ0) is 19.1. The van der Waals surface area contributed by atoms with Gasteiger partial charge in [-0.2, -0.15) is 23.4 Å². The number of rotatable bonds is 4. The van der Waals surface area contributed by atoms with E-state index in [2.05, 4.69) is 15.5 Å². The fourth-order valence-electron chi connectivity index (χ4n) is 3.39. The largest absolute Gasteiger partial charge is 0.435 e. The molecule has 3 N–H and O–H groups in total. The molecular formula is C15H19F3N6O2. The van der Waals surface area contributed by atoms with E-state index in [0.717, 1.165) is 11.1 Å². The van der Waals surface area contributed by atoms with Crippen LogP contribution in [0.1, 0.15) is 29.8 Å². The molecule has 11 heteroatoms. The van der Waals surface area contributed by atoms with Crippen LogP contribution >= 0.6 is 0 Å². The van der Waals surface area contributed by atoms with Gasteiger partial charge in [-0.25, -0.2) is 0 Å². The molecule has 1 aromatic heterocycles. The smallest absolute Gasteiger partial charge is 0.364 e. The number of aromatic nitrogens is 2. The fraction of sp³-hybridized carbons (Fsp3) is 0.600. The number of amides is 2. The molecule has 1 atom stereocenters. The molecule has 2 amide bonds. The summed E-state index contributed by atoms with van der Waals surface area (Å²) in [6, 6.07) is -0.696. The molecule has 0 saturated heterocycles. The van der Waals surface area contributed by atoms with Crippen LogP contribution in [0.3, 0.4) is 0 Å². The molecule has 2 heterocycles. The first-order chi connectivity index (χ1) is 12.2. The molecule has 0 bridgehead atoms. The van der Waals surface area contributed by atoms with Gasteiger partial charge in [0.2, 0.25) is 5.91 Å². The normalized spacial score (nSPS) is 19.9. The van der Waals surface area contributed by atoms with Crippen LogP contribution in [0.25, 0.3) is 0 Å². The third-order valence-corrected chi connectivity index (χ3v) is 4.46. The first kappa shape index (κ1) is 18.2. The second kappa shape index (κ2) is 6.61. The van der Waals surface area contributed by atoms with Crippen molar-refractivity contribution in [3.05, 3.63) is 17.0 Å². The number of nitrogens with zero attached hydrogens (tertiary/aromatic N) is 4. The number of halogens is 3. The minimum atomic E-state index is -4.55. The molecule has 2 aliphatic rings. The summed E-state index contributed by atoms with van der Waals surface area (Å²) in [4.78, 5) is 23.7. The van der Waals surface area contributed by atoms with E-state index in [1.807, 2.05) is 0 Å². The highest BCUT2D eigenvalue weighted by Crippen LogP contribution is 2.35. The number of nitrogens with two attached hydrogens (primary N) is 1. The number of carbonyl (C=O) groups is 2. The molecule has 0 spiro atoms. The fourth-order valence-corrected chi connectivity index (χ4v) is 3.39. The Bertz CT molecular complexity index is 770. The number of likely N-dealkylation sites (N-methyl/N-ethyl adjacent to an activating group) is 1. The summed E-state index contributed by atoms with van der Waals surface area (Å²) in [6.07, 6.45) is -2.38.